The van der Waals surface area contributed by atoms with Crippen molar-refractivity contribution in [2.45, 2.75) is 51.6 Å². The molecule has 0 saturated heterocycles. The lowest BCUT2D eigenvalue weighted by Gasteiger charge is -2.08. The summed E-state index contributed by atoms with van der Waals surface area (Å²) in [7, 11) is 0. The molecule has 0 radical (unpaired) electrons. The molecule has 0 aromatic heterocycles. The van der Waals surface area contributed by atoms with E-state index in [0.717, 1.165) is 44.2 Å². The number of carbonyl (C=O) groups excluding carboxylic acids is 1. The average Bonchev–Trinajstić information content (AvgIpc) is 2.37. The van der Waals surface area contributed by atoms with Gasteiger partial charge >= 0.3 is 6.18 Å². The Morgan fingerprint density at radius 1 is 1.11 bits per heavy atom. The number of rotatable bonds is 7. The maximum atomic E-state index is 12.5. The fourth-order valence-electron chi connectivity index (χ4n) is 1.90. The number of hydrogen-bond acceptors (Lipinski definition) is 1. The molecule has 0 saturated carbocycles. The van der Waals surface area contributed by atoms with Gasteiger partial charge in [-0.05, 0) is 18.6 Å². The Morgan fingerprint density at radius 3 is 2.42 bits per heavy atom. The van der Waals surface area contributed by atoms with Crippen LogP contribution in [0, 0.1) is 0 Å². The molecule has 0 aliphatic carbocycles. The highest BCUT2D eigenvalue weighted by Gasteiger charge is 2.30. The van der Waals surface area contributed by atoms with E-state index >= 15 is 0 Å². The lowest BCUT2D eigenvalue weighted by molar-refractivity contribution is -0.137. The zero-order valence-corrected chi connectivity index (χ0v) is 11.1. The van der Waals surface area contributed by atoms with E-state index in [1.54, 1.807) is 0 Å². The summed E-state index contributed by atoms with van der Waals surface area (Å²) in [6.07, 6.45) is 0.974. The molecule has 19 heavy (non-hydrogen) atoms. The van der Waals surface area contributed by atoms with E-state index in [1.165, 1.54) is 12.1 Å². The van der Waals surface area contributed by atoms with E-state index in [-0.39, 0.29) is 11.3 Å². The lowest BCUT2D eigenvalue weighted by Crippen LogP contribution is -2.07. The van der Waals surface area contributed by atoms with Crippen LogP contribution in [0.25, 0.3) is 0 Å². The molecular weight excluding hydrogens is 253 g/mol. The molecule has 1 rings (SSSR count). The number of alkyl halides is 3. The van der Waals surface area contributed by atoms with Gasteiger partial charge in [-0.2, -0.15) is 13.2 Å². The molecule has 0 N–H and O–H groups in total. The van der Waals surface area contributed by atoms with Crippen LogP contribution >= 0.6 is 0 Å². The van der Waals surface area contributed by atoms with Gasteiger partial charge in [-0.25, -0.2) is 0 Å². The summed E-state index contributed by atoms with van der Waals surface area (Å²) >= 11 is 0. The van der Waals surface area contributed by atoms with Crippen LogP contribution in [-0.4, -0.2) is 5.78 Å². The van der Waals surface area contributed by atoms with Crippen LogP contribution < -0.4 is 0 Å². The summed E-state index contributed by atoms with van der Waals surface area (Å²) in [4.78, 5) is 11.8. The van der Waals surface area contributed by atoms with Gasteiger partial charge in [-0.15, -0.1) is 0 Å². The van der Waals surface area contributed by atoms with Crippen LogP contribution in [0.2, 0.25) is 0 Å². The van der Waals surface area contributed by atoms with Gasteiger partial charge in [0.25, 0.3) is 0 Å². The largest absolute Gasteiger partial charge is 0.416 e. The van der Waals surface area contributed by atoms with Crippen molar-refractivity contribution in [3.05, 3.63) is 35.4 Å². The average molecular weight is 272 g/mol. The Morgan fingerprint density at radius 2 is 1.79 bits per heavy atom. The molecule has 0 amide bonds. The molecule has 1 aromatic carbocycles. The number of benzene rings is 1. The second-order valence-corrected chi connectivity index (χ2v) is 4.67. The third kappa shape index (κ3) is 5.45. The van der Waals surface area contributed by atoms with Gasteiger partial charge in [-0.3, -0.25) is 4.79 Å². The van der Waals surface area contributed by atoms with E-state index in [1.807, 2.05) is 0 Å². The fourth-order valence-corrected chi connectivity index (χ4v) is 1.90. The molecule has 4 heteroatoms. The molecule has 0 spiro atoms. The first-order chi connectivity index (χ1) is 8.95. The monoisotopic (exact) mass is 272 g/mol. The Bertz CT molecular complexity index is 410. The Kier molecular flexibility index (Phi) is 6.06. The van der Waals surface area contributed by atoms with Crippen molar-refractivity contribution in [2.75, 3.05) is 0 Å². The predicted molar refractivity (Wildman–Crippen MR) is 69.2 cm³/mol. The molecule has 0 heterocycles. The topological polar surface area (TPSA) is 17.1 Å². The van der Waals surface area contributed by atoms with Crippen molar-refractivity contribution < 1.29 is 18.0 Å². The van der Waals surface area contributed by atoms with E-state index in [0.29, 0.717) is 6.42 Å². The van der Waals surface area contributed by atoms with Crippen molar-refractivity contribution in [3.8, 4) is 0 Å². The Labute approximate surface area is 111 Å². The third-order valence-corrected chi connectivity index (χ3v) is 3.02. The smallest absolute Gasteiger partial charge is 0.294 e. The standard InChI is InChI=1S/C15H19F3O/c1-2-3-4-5-6-10-14(19)12-8-7-9-13(11-12)15(16,17)18/h7-9,11H,2-6,10H2,1H3. The lowest BCUT2D eigenvalue weighted by atomic mass is 10.0. The minimum atomic E-state index is -4.39. The highest BCUT2D eigenvalue weighted by atomic mass is 19.4. The number of halogens is 3. The SMILES string of the molecule is CCCCCCCC(=O)c1cccc(C(F)(F)F)c1. The number of hydrogen-bond donors (Lipinski definition) is 0. The summed E-state index contributed by atoms with van der Waals surface area (Å²) in [5, 5.41) is 0. The first kappa shape index (κ1) is 15.7. The molecule has 1 nitrogen and oxygen atoms in total. The summed E-state index contributed by atoms with van der Waals surface area (Å²) in [5.74, 6) is -0.206. The molecule has 0 aliphatic heterocycles. The number of carbonyl (C=O) groups is 1. The van der Waals surface area contributed by atoms with Crippen LogP contribution in [0.3, 0.4) is 0 Å². The van der Waals surface area contributed by atoms with Gasteiger partial charge in [0.2, 0.25) is 0 Å². The number of ketones is 1. The van der Waals surface area contributed by atoms with Gasteiger partial charge in [0.05, 0.1) is 5.56 Å². The maximum Gasteiger partial charge on any atom is 0.416 e. The third-order valence-electron chi connectivity index (χ3n) is 3.02. The van der Waals surface area contributed by atoms with E-state index < -0.39 is 11.7 Å². The number of unbranched alkanes of at least 4 members (excludes halogenated alkanes) is 4. The van der Waals surface area contributed by atoms with Gasteiger partial charge < -0.3 is 0 Å². The summed E-state index contributed by atoms with van der Waals surface area (Å²) in [5.41, 5.74) is -0.602. The highest BCUT2D eigenvalue weighted by molar-refractivity contribution is 5.96. The van der Waals surface area contributed by atoms with Crippen molar-refractivity contribution in [1.82, 2.24) is 0 Å². The molecule has 1 aromatic rings. The molecule has 0 unspecified atom stereocenters. The highest BCUT2D eigenvalue weighted by Crippen LogP contribution is 2.29. The predicted octanol–water partition coefficient (Wildman–Crippen LogP) is 5.25. The quantitative estimate of drug-likeness (QED) is 0.489. The van der Waals surface area contributed by atoms with E-state index in [4.69, 9.17) is 0 Å². The second kappa shape index (κ2) is 7.31. The fraction of sp³-hybridized carbons (Fsp3) is 0.533. The summed E-state index contributed by atoms with van der Waals surface area (Å²) in [6.45, 7) is 2.10. The van der Waals surface area contributed by atoms with Crippen LogP contribution in [0.1, 0.15) is 61.4 Å². The van der Waals surface area contributed by atoms with Crippen molar-refractivity contribution in [3.63, 3.8) is 0 Å². The molecule has 0 atom stereocenters. The van der Waals surface area contributed by atoms with Gasteiger partial charge in [0.1, 0.15) is 0 Å². The van der Waals surface area contributed by atoms with Crippen molar-refractivity contribution >= 4 is 5.78 Å². The van der Waals surface area contributed by atoms with Gasteiger partial charge in [0, 0.05) is 12.0 Å². The van der Waals surface area contributed by atoms with E-state index in [2.05, 4.69) is 6.92 Å². The van der Waals surface area contributed by atoms with Crippen molar-refractivity contribution in [2.24, 2.45) is 0 Å². The van der Waals surface area contributed by atoms with Crippen LogP contribution in [0.15, 0.2) is 24.3 Å². The zero-order chi connectivity index (χ0) is 14.3. The van der Waals surface area contributed by atoms with E-state index in [9.17, 15) is 18.0 Å². The summed E-state index contributed by atoms with van der Waals surface area (Å²) < 4.78 is 37.5. The van der Waals surface area contributed by atoms with Crippen LogP contribution in [0.5, 0.6) is 0 Å². The Hall–Kier alpha value is -1.32. The Balaban J connectivity index is 2.53. The zero-order valence-electron chi connectivity index (χ0n) is 11.1. The second-order valence-electron chi connectivity index (χ2n) is 4.67. The van der Waals surface area contributed by atoms with Crippen LogP contribution in [0.4, 0.5) is 13.2 Å². The molecule has 106 valence electrons. The van der Waals surface area contributed by atoms with Crippen molar-refractivity contribution in [1.29, 1.82) is 0 Å². The minimum absolute atomic E-state index is 0.158. The van der Waals surface area contributed by atoms with Crippen LogP contribution in [-0.2, 0) is 6.18 Å². The molecule has 0 bridgehead atoms. The molecular formula is C15H19F3O. The van der Waals surface area contributed by atoms with Gasteiger partial charge in [0.15, 0.2) is 5.78 Å². The summed E-state index contributed by atoms with van der Waals surface area (Å²) in [6, 6.07) is 4.66. The maximum absolute atomic E-state index is 12.5. The first-order valence-corrected chi connectivity index (χ1v) is 6.65. The normalized spacial score (nSPS) is 11.6. The minimum Gasteiger partial charge on any atom is -0.294 e. The molecule has 0 fully saturated rings. The number of Topliss-reactive ketones (excluding diaryl/α,β-unsaturated/α-hetero) is 1. The molecule has 0 aliphatic rings. The first-order valence-electron chi connectivity index (χ1n) is 6.65. The van der Waals surface area contributed by atoms with Gasteiger partial charge in [-0.1, -0.05) is 44.7 Å².